The van der Waals surface area contributed by atoms with Crippen LogP contribution < -0.4 is 11.1 Å². The lowest BCUT2D eigenvalue weighted by molar-refractivity contribution is 0.545. The molecule has 1 aromatic carbocycles. The number of hydrogen-bond acceptors (Lipinski definition) is 7. The fraction of sp³-hybridized carbons (Fsp3) is 0.240. The summed E-state index contributed by atoms with van der Waals surface area (Å²) in [6.45, 7) is 2.06. The first-order valence-electron chi connectivity index (χ1n) is 11.3. The highest BCUT2D eigenvalue weighted by Crippen LogP contribution is 2.36. The monoisotopic (exact) mass is 510 g/mol. The lowest BCUT2D eigenvalue weighted by atomic mass is 9.82. The van der Waals surface area contributed by atoms with Crippen molar-refractivity contribution in [1.29, 1.82) is 0 Å². The van der Waals surface area contributed by atoms with Crippen LogP contribution in [-0.4, -0.2) is 40.3 Å². The molecule has 3 heterocycles. The third-order valence-corrected chi connectivity index (χ3v) is 7.34. The third kappa shape index (κ3) is 4.59. The van der Waals surface area contributed by atoms with Crippen molar-refractivity contribution in [2.24, 2.45) is 5.73 Å². The van der Waals surface area contributed by atoms with Crippen LogP contribution in [0.2, 0.25) is 0 Å². The van der Waals surface area contributed by atoms with Crippen LogP contribution in [0.15, 0.2) is 65.5 Å². The highest BCUT2D eigenvalue weighted by atomic mass is 32.2. The number of sulfone groups is 1. The van der Waals surface area contributed by atoms with Gasteiger partial charge in [0.2, 0.25) is 5.95 Å². The molecule has 0 amide bonds. The molecule has 5 rings (SSSR count). The fourth-order valence-corrected chi connectivity index (χ4v) is 5.27. The summed E-state index contributed by atoms with van der Waals surface area (Å²) in [6, 6.07) is 6.58. The number of aromatic nitrogens is 4. The first kappa shape index (κ1) is 24.0. The SMILES string of the molecule is CC1=CC(N)C[C@H](c2ccncc2Nc2ncc3ccc(-c4c(F)cc(S(C)(=O)=O)cc4F)nn23)C1. The van der Waals surface area contributed by atoms with E-state index in [-0.39, 0.29) is 17.7 Å². The molecule has 8 nitrogen and oxygen atoms in total. The summed E-state index contributed by atoms with van der Waals surface area (Å²) in [5, 5.41) is 7.65. The van der Waals surface area contributed by atoms with Gasteiger partial charge in [-0.05, 0) is 61.6 Å². The molecule has 4 aromatic rings. The Balaban J connectivity index is 1.53. The van der Waals surface area contributed by atoms with Crippen LogP contribution in [-0.2, 0) is 9.84 Å². The Hall–Kier alpha value is -3.70. The number of anilines is 2. The first-order valence-corrected chi connectivity index (χ1v) is 13.2. The smallest absolute Gasteiger partial charge is 0.229 e. The molecule has 0 radical (unpaired) electrons. The van der Waals surface area contributed by atoms with Gasteiger partial charge in [-0.25, -0.2) is 22.2 Å². The van der Waals surface area contributed by atoms with Crippen molar-refractivity contribution in [2.75, 3.05) is 11.6 Å². The van der Waals surface area contributed by atoms with Gasteiger partial charge in [-0.1, -0.05) is 11.6 Å². The number of rotatable bonds is 5. The van der Waals surface area contributed by atoms with Crippen molar-refractivity contribution in [3.8, 4) is 11.3 Å². The van der Waals surface area contributed by atoms with E-state index in [1.54, 1.807) is 24.7 Å². The number of halogens is 2. The van der Waals surface area contributed by atoms with E-state index >= 15 is 0 Å². The van der Waals surface area contributed by atoms with Crippen LogP contribution in [0.1, 0.15) is 31.2 Å². The van der Waals surface area contributed by atoms with Crippen molar-refractivity contribution >= 4 is 27.0 Å². The number of nitrogens with one attached hydrogen (secondary N) is 1. The molecule has 186 valence electrons. The van der Waals surface area contributed by atoms with E-state index in [9.17, 15) is 17.2 Å². The third-order valence-electron chi connectivity index (χ3n) is 6.25. The van der Waals surface area contributed by atoms with Gasteiger partial charge in [-0.15, -0.1) is 0 Å². The van der Waals surface area contributed by atoms with Crippen LogP contribution >= 0.6 is 0 Å². The standard InChI is InChI=1S/C25H24F2N6O2S/c1-14-7-15(9-16(28)8-14)19-5-6-29-13-23(19)31-25-30-12-17-3-4-22(32-33(17)25)24-20(26)10-18(11-21(24)27)36(2,34)35/h3-6,8,10-13,15-16H,7,9,28H2,1-2H3,(H,30,31)/t15-,16?/m1/s1. The van der Waals surface area contributed by atoms with Gasteiger partial charge in [0.05, 0.1) is 39.8 Å². The molecule has 0 spiro atoms. The van der Waals surface area contributed by atoms with Crippen molar-refractivity contribution in [3.63, 3.8) is 0 Å². The zero-order valence-electron chi connectivity index (χ0n) is 19.6. The molecule has 0 aliphatic heterocycles. The van der Waals surface area contributed by atoms with Gasteiger partial charge in [-0.3, -0.25) is 4.98 Å². The molecule has 0 fully saturated rings. The lowest BCUT2D eigenvalue weighted by Crippen LogP contribution is -2.25. The van der Waals surface area contributed by atoms with Gasteiger partial charge in [0.25, 0.3) is 0 Å². The summed E-state index contributed by atoms with van der Waals surface area (Å²) in [5.74, 6) is -1.52. The van der Waals surface area contributed by atoms with Gasteiger partial charge < -0.3 is 11.1 Å². The molecule has 0 saturated carbocycles. The number of allylic oxidation sites excluding steroid dienone is 1. The molecule has 2 atom stereocenters. The number of fused-ring (bicyclic) bond motifs is 1. The fourth-order valence-electron chi connectivity index (χ4n) is 4.64. The molecular weight excluding hydrogens is 486 g/mol. The van der Waals surface area contributed by atoms with Crippen molar-refractivity contribution in [3.05, 3.63) is 77.8 Å². The molecule has 11 heteroatoms. The minimum Gasteiger partial charge on any atom is -0.324 e. The van der Waals surface area contributed by atoms with Crippen molar-refractivity contribution in [1.82, 2.24) is 19.6 Å². The number of nitrogens with zero attached hydrogens (tertiary/aromatic N) is 4. The van der Waals surface area contributed by atoms with E-state index in [0.29, 0.717) is 11.5 Å². The Bertz CT molecular complexity index is 1590. The van der Waals surface area contributed by atoms with Gasteiger partial charge in [0.15, 0.2) is 9.84 Å². The number of hydrogen-bond donors (Lipinski definition) is 2. The Labute approximate surface area is 206 Å². The predicted octanol–water partition coefficient (Wildman–Crippen LogP) is 4.37. The molecule has 1 aliphatic rings. The average molecular weight is 511 g/mol. The highest BCUT2D eigenvalue weighted by molar-refractivity contribution is 7.90. The normalized spacial score (nSPS) is 18.3. The van der Waals surface area contributed by atoms with Crippen molar-refractivity contribution < 1.29 is 17.2 Å². The molecule has 0 saturated heterocycles. The number of nitrogens with two attached hydrogens (primary N) is 1. The second kappa shape index (κ2) is 9.07. The Morgan fingerprint density at radius 1 is 1.14 bits per heavy atom. The summed E-state index contributed by atoms with van der Waals surface area (Å²) < 4.78 is 54.5. The molecule has 1 aliphatic carbocycles. The second-order valence-corrected chi connectivity index (χ2v) is 11.1. The maximum Gasteiger partial charge on any atom is 0.229 e. The maximum atomic E-state index is 14.8. The van der Waals surface area contributed by atoms with Crippen LogP contribution in [0.3, 0.4) is 0 Å². The molecule has 3 N–H and O–H groups in total. The summed E-state index contributed by atoms with van der Waals surface area (Å²) in [6.07, 6.45) is 9.65. The summed E-state index contributed by atoms with van der Waals surface area (Å²) in [7, 11) is -3.78. The van der Waals surface area contributed by atoms with E-state index < -0.39 is 31.9 Å². The molecule has 1 unspecified atom stereocenters. The summed E-state index contributed by atoms with van der Waals surface area (Å²) >= 11 is 0. The topological polar surface area (TPSA) is 115 Å². The quantitative estimate of drug-likeness (QED) is 0.383. The van der Waals surface area contributed by atoms with Crippen molar-refractivity contribution in [2.45, 2.75) is 36.6 Å². The number of benzene rings is 1. The van der Waals surface area contributed by atoms with Gasteiger partial charge in [0, 0.05) is 18.5 Å². The Morgan fingerprint density at radius 2 is 1.89 bits per heavy atom. The van der Waals surface area contributed by atoms with E-state index in [1.165, 1.54) is 16.2 Å². The molecule has 3 aromatic heterocycles. The minimum absolute atomic E-state index is 0.0102. The van der Waals surface area contributed by atoms with Crippen LogP contribution in [0, 0.1) is 11.6 Å². The molecule has 36 heavy (non-hydrogen) atoms. The van der Waals surface area contributed by atoms with Crippen LogP contribution in [0.5, 0.6) is 0 Å². The van der Waals surface area contributed by atoms with Crippen LogP contribution in [0.25, 0.3) is 16.8 Å². The molecular formula is C25H24F2N6O2S. The summed E-state index contributed by atoms with van der Waals surface area (Å²) in [4.78, 5) is 8.19. The minimum atomic E-state index is -3.78. The van der Waals surface area contributed by atoms with Gasteiger partial charge in [0.1, 0.15) is 11.6 Å². The largest absolute Gasteiger partial charge is 0.324 e. The number of pyridine rings is 1. The second-order valence-electron chi connectivity index (χ2n) is 9.07. The van der Waals surface area contributed by atoms with E-state index in [0.717, 1.165) is 42.5 Å². The maximum absolute atomic E-state index is 14.8. The van der Waals surface area contributed by atoms with E-state index in [4.69, 9.17) is 5.73 Å². The van der Waals surface area contributed by atoms with Gasteiger partial charge >= 0.3 is 0 Å². The van der Waals surface area contributed by atoms with Gasteiger partial charge in [-0.2, -0.15) is 9.61 Å². The lowest BCUT2D eigenvalue weighted by Gasteiger charge is -2.27. The predicted molar refractivity (Wildman–Crippen MR) is 133 cm³/mol. The Kier molecular flexibility index (Phi) is 6.05. The van der Waals surface area contributed by atoms with E-state index in [1.807, 2.05) is 6.07 Å². The van der Waals surface area contributed by atoms with E-state index in [2.05, 4.69) is 33.4 Å². The first-order chi connectivity index (χ1) is 17.1. The van der Waals surface area contributed by atoms with Crippen LogP contribution in [0.4, 0.5) is 20.4 Å². The zero-order valence-corrected chi connectivity index (χ0v) is 20.4. The number of imidazole rings is 1. The summed E-state index contributed by atoms with van der Waals surface area (Å²) in [5.41, 5.74) is 9.37. The zero-order chi connectivity index (χ0) is 25.6. The Morgan fingerprint density at radius 3 is 2.58 bits per heavy atom. The molecule has 0 bridgehead atoms. The average Bonchev–Trinajstić information content (AvgIpc) is 3.20. The highest BCUT2D eigenvalue weighted by Gasteiger charge is 2.24.